The molecule has 2 aromatic rings. The van der Waals surface area contributed by atoms with Gasteiger partial charge < -0.3 is 10.2 Å². The van der Waals surface area contributed by atoms with Gasteiger partial charge in [-0.15, -0.1) is 0 Å². The zero-order valence-corrected chi connectivity index (χ0v) is 24.9. The molecule has 36 heavy (non-hydrogen) atoms. The Morgan fingerprint density at radius 3 is 1.25 bits per heavy atom. The van der Waals surface area contributed by atoms with Gasteiger partial charge in [-0.3, -0.25) is 9.80 Å². The summed E-state index contributed by atoms with van der Waals surface area (Å²) in [7, 11) is 0. The summed E-state index contributed by atoms with van der Waals surface area (Å²) in [6.07, 6.45) is 0. The summed E-state index contributed by atoms with van der Waals surface area (Å²) >= 11 is 0. The molecule has 1 heterocycles. The zero-order valence-electron chi connectivity index (χ0n) is 24.9. The summed E-state index contributed by atoms with van der Waals surface area (Å²) in [5.41, 5.74) is 8.95. The van der Waals surface area contributed by atoms with Crippen LogP contribution in [0.3, 0.4) is 0 Å². The Balaban J connectivity index is 1.81. The first kappa shape index (κ1) is 28.5. The maximum Gasteiger partial charge on any atom is 0.122 e. The van der Waals surface area contributed by atoms with Crippen LogP contribution in [0.1, 0.15) is 99.9 Å². The van der Waals surface area contributed by atoms with Crippen molar-refractivity contribution in [2.45, 2.75) is 119 Å². The van der Waals surface area contributed by atoms with Crippen molar-refractivity contribution in [2.75, 3.05) is 13.1 Å². The Bertz CT molecular complexity index is 1030. The van der Waals surface area contributed by atoms with Crippen LogP contribution in [-0.4, -0.2) is 45.2 Å². The molecular weight excluding hydrogens is 444 g/mol. The molecule has 1 aliphatic rings. The average molecular weight is 495 g/mol. The second-order valence-corrected chi connectivity index (χ2v) is 13.4. The van der Waals surface area contributed by atoms with E-state index in [0.717, 1.165) is 48.4 Å². The summed E-state index contributed by atoms with van der Waals surface area (Å²) in [5.74, 6) is 0.902. The Morgan fingerprint density at radius 2 is 0.972 bits per heavy atom. The molecule has 2 N–H and O–H groups in total. The van der Waals surface area contributed by atoms with Gasteiger partial charge in [0, 0.05) is 38.3 Å². The molecule has 2 unspecified atom stereocenters. The summed E-state index contributed by atoms with van der Waals surface area (Å²) in [5, 5.41) is 22.0. The minimum absolute atomic E-state index is 0.0820. The third kappa shape index (κ3) is 5.60. The molecule has 0 spiro atoms. The van der Waals surface area contributed by atoms with Crippen LogP contribution < -0.4 is 0 Å². The molecule has 0 saturated carbocycles. The molecule has 0 amide bonds. The second kappa shape index (κ2) is 10.0. The average Bonchev–Trinajstić information content (AvgIpc) is 2.74. The van der Waals surface area contributed by atoms with E-state index in [1.54, 1.807) is 0 Å². The lowest BCUT2D eigenvalue weighted by atomic mass is 9.82. The molecule has 0 aliphatic carbocycles. The summed E-state index contributed by atoms with van der Waals surface area (Å²) in [6, 6.07) is 5.16. The van der Waals surface area contributed by atoms with Gasteiger partial charge in [-0.1, -0.05) is 53.7 Å². The molecule has 200 valence electrons. The van der Waals surface area contributed by atoms with E-state index in [-0.39, 0.29) is 10.8 Å². The van der Waals surface area contributed by atoms with Crippen LogP contribution in [0.2, 0.25) is 0 Å². The third-order valence-corrected chi connectivity index (χ3v) is 8.38. The SMILES string of the molecule is Cc1cc(C(C)(C)C)c(O)c(C)c1CN1CC(C)N(Cc2c(C)cc(C(C)(C)C)c(O)c2C)CC1C. The molecule has 0 aromatic heterocycles. The van der Waals surface area contributed by atoms with Gasteiger partial charge >= 0.3 is 0 Å². The minimum atomic E-state index is -0.0820. The molecule has 2 aromatic carbocycles. The van der Waals surface area contributed by atoms with E-state index in [1.165, 1.54) is 22.3 Å². The molecule has 0 bridgehead atoms. The van der Waals surface area contributed by atoms with Gasteiger partial charge in [0.25, 0.3) is 0 Å². The van der Waals surface area contributed by atoms with E-state index in [1.807, 2.05) is 0 Å². The lowest BCUT2D eigenvalue weighted by Crippen LogP contribution is -2.55. The first-order valence-electron chi connectivity index (χ1n) is 13.6. The maximum atomic E-state index is 11.0. The molecule has 1 fully saturated rings. The van der Waals surface area contributed by atoms with Gasteiger partial charge in [-0.2, -0.15) is 0 Å². The lowest BCUT2D eigenvalue weighted by Gasteiger charge is -2.45. The molecular formula is C32H50N2O2. The number of hydrogen-bond donors (Lipinski definition) is 2. The van der Waals surface area contributed by atoms with Crippen molar-refractivity contribution in [1.82, 2.24) is 9.80 Å². The van der Waals surface area contributed by atoms with Crippen molar-refractivity contribution < 1.29 is 10.2 Å². The van der Waals surface area contributed by atoms with Crippen molar-refractivity contribution in [3.63, 3.8) is 0 Å². The topological polar surface area (TPSA) is 46.9 Å². The van der Waals surface area contributed by atoms with Crippen molar-refractivity contribution in [1.29, 1.82) is 0 Å². The van der Waals surface area contributed by atoms with Crippen LogP contribution in [0.4, 0.5) is 0 Å². The third-order valence-electron chi connectivity index (χ3n) is 8.38. The van der Waals surface area contributed by atoms with Gasteiger partial charge in [-0.05, 0) is 96.9 Å². The fourth-order valence-electron chi connectivity index (χ4n) is 5.77. The van der Waals surface area contributed by atoms with Crippen molar-refractivity contribution in [3.05, 3.63) is 56.6 Å². The predicted molar refractivity (Wildman–Crippen MR) is 152 cm³/mol. The van der Waals surface area contributed by atoms with Crippen molar-refractivity contribution in [2.24, 2.45) is 0 Å². The predicted octanol–water partition coefficient (Wildman–Crippen LogP) is 7.02. The van der Waals surface area contributed by atoms with Gasteiger partial charge in [0.05, 0.1) is 0 Å². The number of phenolic OH excluding ortho intramolecular Hbond substituents is 2. The zero-order chi connectivity index (χ0) is 27.3. The Hall–Kier alpha value is -2.04. The van der Waals surface area contributed by atoms with Crippen LogP contribution in [0.15, 0.2) is 12.1 Å². The van der Waals surface area contributed by atoms with E-state index in [0.29, 0.717) is 23.6 Å². The highest BCUT2D eigenvalue weighted by Gasteiger charge is 2.32. The van der Waals surface area contributed by atoms with E-state index in [9.17, 15) is 10.2 Å². The quantitative estimate of drug-likeness (QED) is 0.479. The molecule has 4 heteroatoms. The van der Waals surface area contributed by atoms with Gasteiger partial charge in [0.2, 0.25) is 0 Å². The number of aryl methyl sites for hydroxylation is 2. The number of piperazine rings is 1. The Morgan fingerprint density at radius 1 is 0.667 bits per heavy atom. The van der Waals surface area contributed by atoms with Crippen molar-refractivity contribution >= 4 is 0 Å². The highest BCUT2D eigenvalue weighted by Crippen LogP contribution is 2.39. The van der Waals surface area contributed by atoms with E-state index in [2.05, 4.69) is 105 Å². The van der Waals surface area contributed by atoms with Crippen LogP contribution in [0.5, 0.6) is 11.5 Å². The van der Waals surface area contributed by atoms with E-state index in [4.69, 9.17) is 0 Å². The van der Waals surface area contributed by atoms with E-state index < -0.39 is 0 Å². The highest BCUT2D eigenvalue weighted by atomic mass is 16.3. The number of nitrogens with zero attached hydrogens (tertiary/aromatic N) is 2. The number of aromatic hydroxyl groups is 2. The van der Waals surface area contributed by atoms with Crippen LogP contribution in [-0.2, 0) is 23.9 Å². The lowest BCUT2D eigenvalue weighted by molar-refractivity contribution is 0.0323. The standard InChI is InChI=1S/C32H50N2O2/c1-19-13-27(31(7,8)9)29(35)23(5)25(19)17-33-15-22(4)34(16-21(33)3)18-26-20(2)14-28(32(10,11)12)30(36)24(26)6/h13-14,21-22,35-36H,15-18H2,1-12H3. The minimum Gasteiger partial charge on any atom is -0.507 e. The van der Waals surface area contributed by atoms with Crippen molar-refractivity contribution in [3.8, 4) is 11.5 Å². The number of phenols is 2. The van der Waals surface area contributed by atoms with Gasteiger partial charge in [-0.25, -0.2) is 0 Å². The van der Waals surface area contributed by atoms with Crippen LogP contribution in [0.25, 0.3) is 0 Å². The van der Waals surface area contributed by atoms with Crippen LogP contribution >= 0.6 is 0 Å². The van der Waals surface area contributed by atoms with Gasteiger partial charge in [0.1, 0.15) is 11.5 Å². The summed E-state index contributed by atoms with van der Waals surface area (Å²) in [6.45, 7) is 29.7. The van der Waals surface area contributed by atoms with E-state index >= 15 is 0 Å². The Kier molecular flexibility index (Phi) is 7.94. The summed E-state index contributed by atoms with van der Waals surface area (Å²) < 4.78 is 0. The molecule has 2 atom stereocenters. The number of rotatable bonds is 4. The fraction of sp³-hybridized carbons (Fsp3) is 0.625. The first-order valence-corrected chi connectivity index (χ1v) is 13.6. The first-order chi connectivity index (χ1) is 16.4. The molecule has 0 radical (unpaired) electrons. The molecule has 3 rings (SSSR count). The number of hydrogen-bond acceptors (Lipinski definition) is 4. The molecule has 1 saturated heterocycles. The maximum absolute atomic E-state index is 11.0. The largest absolute Gasteiger partial charge is 0.507 e. The van der Waals surface area contributed by atoms with Gasteiger partial charge in [0.15, 0.2) is 0 Å². The molecule has 4 nitrogen and oxygen atoms in total. The molecule has 1 aliphatic heterocycles. The number of benzene rings is 2. The second-order valence-electron chi connectivity index (χ2n) is 13.4. The Labute approximate surface area is 220 Å². The van der Waals surface area contributed by atoms with Crippen LogP contribution in [0, 0.1) is 27.7 Å². The normalized spacial score (nSPS) is 20.2. The monoisotopic (exact) mass is 494 g/mol. The highest BCUT2D eigenvalue weighted by molar-refractivity contribution is 5.52. The fourth-order valence-corrected chi connectivity index (χ4v) is 5.77. The summed E-state index contributed by atoms with van der Waals surface area (Å²) in [4.78, 5) is 5.12. The smallest absolute Gasteiger partial charge is 0.122 e.